The summed E-state index contributed by atoms with van der Waals surface area (Å²) in [7, 11) is 1.56. The summed E-state index contributed by atoms with van der Waals surface area (Å²) in [6, 6.07) is 4.93. The molecule has 0 unspecified atom stereocenters. The van der Waals surface area contributed by atoms with Crippen LogP contribution in [0.3, 0.4) is 0 Å². The minimum Gasteiger partial charge on any atom is -0.497 e. The predicted molar refractivity (Wildman–Crippen MR) is 77.7 cm³/mol. The molecule has 112 valence electrons. The molecule has 1 aromatic carbocycles. The van der Waals surface area contributed by atoms with Crippen LogP contribution in [0.1, 0.15) is 31.2 Å². The van der Waals surface area contributed by atoms with Gasteiger partial charge in [0.1, 0.15) is 11.3 Å². The van der Waals surface area contributed by atoms with E-state index in [4.69, 9.17) is 10.5 Å². The van der Waals surface area contributed by atoms with Gasteiger partial charge in [0.05, 0.1) is 13.7 Å². The van der Waals surface area contributed by atoms with Crippen LogP contribution >= 0.6 is 0 Å². The van der Waals surface area contributed by atoms with Crippen molar-refractivity contribution >= 4 is 17.6 Å². The van der Waals surface area contributed by atoms with E-state index in [0.717, 1.165) is 31.2 Å². The van der Waals surface area contributed by atoms with Crippen molar-refractivity contribution in [3.8, 4) is 5.75 Å². The molecule has 6 nitrogen and oxygen atoms in total. The third-order valence-electron chi connectivity index (χ3n) is 4.27. The van der Waals surface area contributed by atoms with Crippen LogP contribution in [0.25, 0.3) is 0 Å². The number of rotatable bonds is 3. The van der Waals surface area contributed by atoms with Gasteiger partial charge in [-0.3, -0.25) is 9.69 Å². The average molecular weight is 289 g/mol. The van der Waals surface area contributed by atoms with Crippen molar-refractivity contribution in [3.63, 3.8) is 0 Å². The highest BCUT2D eigenvalue weighted by Crippen LogP contribution is 2.35. The zero-order chi connectivity index (χ0) is 15.0. The van der Waals surface area contributed by atoms with E-state index in [1.807, 2.05) is 0 Å². The average Bonchev–Trinajstić information content (AvgIpc) is 3.00. The maximum absolute atomic E-state index is 12.6. The number of hydrogen-bond acceptors (Lipinski definition) is 4. The van der Waals surface area contributed by atoms with Crippen LogP contribution in [-0.2, 0) is 11.3 Å². The van der Waals surface area contributed by atoms with Crippen molar-refractivity contribution in [2.75, 3.05) is 12.8 Å². The lowest BCUT2D eigenvalue weighted by atomic mass is 9.98. The minimum atomic E-state index is -0.665. The molecule has 1 heterocycles. The van der Waals surface area contributed by atoms with Crippen molar-refractivity contribution < 1.29 is 14.3 Å². The molecule has 1 aliphatic carbocycles. The highest BCUT2D eigenvalue weighted by molar-refractivity contribution is 6.07. The molecule has 3 amide bonds. The van der Waals surface area contributed by atoms with E-state index in [2.05, 4.69) is 5.32 Å². The number of ether oxygens (including phenoxy) is 1. The van der Waals surface area contributed by atoms with Gasteiger partial charge < -0.3 is 15.8 Å². The number of amides is 3. The Morgan fingerprint density at radius 3 is 2.67 bits per heavy atom. The fourth-order valence-electron chi connectivity index (χ4n) is 3.22. The fraction of sp³-hybridized carbons (Fsp3) is 0.467. The van der Waals surface area contributed by atoms with Crippen molar-refractivity contribution in [1.82, 2.24) is 10.2 Å². The number of methoxy groups -OCH3 is 1. The number of nitrogen functional groups attached to an aromatic ring is 1. The highest BCUT2D eigenvalue weighted by atomic mass is 16.5. The number of anilines is 1. The zero-order valence-electron chi connectivity index (χ0n) is 12.0. The third kappa shape index (κ3) is 2.30. The van der Waals surface area contributed by atoms with Gasteiger partial charge in [0.15, 0.2) is 0 Å². The van der Waals surface area contributed by atoms with Crippen molar-refractivity contribution in [2.45, 2.75) is 37.8 Å². The van der Waals surface area contributed by atoms with E-state index >= 15 is 0 Å². The molecule has 1 saturated heterocycles. The van der Waals surface area contributed by atoms with E-state index in [1.165, 1.54) is 4.90 Å². The molecule has 1 spiro atoms. The van der Waals surface area contributed by atoms with Gasteiger partial charge in [-0.2, -0.15) is 0 Å². The molecular weight excluding hydrogens is 270 g/mol. The molecule has 21 heavy (non-hydrogen) atoms. The Balaban J connectivity index is 1.83. The number of nitrogens with two attached hydrogens (primary N) is 1. The van der Waals surface area contributed by atoms with E-state index < -0.39 is 5.54 Å². The summed E-state index contributed by atoms with van der Waals surface area (Å²) in [6.45, 7) is 0.216. The zero-order valence-corrected chi connectivity index (χ0v) is 12.0. The second kappa shape index (κ2) is 4.95. The number of benzene rings is 1. The smallest absolute Gasteiger partial charge is 0.325 e. The summed E-state index contributed by atoms with van der Waals surface area (Å²) in [5.74, 6) is 0.499. The topological polar surface area (TPSA) is 84.7 Å². The first-order chi connectivity index (χ1) is 10.0. The Kier molecular flexibility index (Phi) is 3.23. The van der Waals surface area contributed by atoms with Gasteiger partial charge in [0, 0.05) is 11.8 Å². The Labute approximate surface area is 123 Å². The van der Waals surface area contributed by atoms with Crippen LogP contribution in [0, 0.1) is 0 Å². The number of carbonyl (C=O) groups is 2. The molecule has 0 radical (unpaired) electrons. The minimum absolute atomic E-state index is 0.119. The largest absolute Gasteiger partial charge is 0.497 e. The van der Waals surface area contributed by atoms with Gasteiger partial charge in [0.2, 0.25) is 0 Å². The number of imide groups is 1. The van der Waals surface area contributed by atoms with E-state index in [0.29, 0.717) is 11.4 Å². The Bertz CT molecular complexity index is 594. The number of nitrogens with one attached hydrogen (secondary N) is 1. The first-order valence-corrected chi connectivity index (χ1v) is 7.12. The van der Waals surface area contributed by atoms with Gasteiger partial charge in [-0.05, 0) is 30.5 Å². The van der Waals surface area contributed by atoms with E-state index in [9.17, 15) is 9.59 Å². The van der Waals surface area contributed by atoms with Crippen LogP contribution in [0.15, 0.2) is 18.2 Å². The molecule has 3 N–H and O–H groups in total. The first kappa shape index (κ1) is 13.7. The lowest BCUT2D eigenvalue weighted by Crippen LogP contribution is -2.44. The number of hydrogen-bond donors (Lipinski definition) is 2. The quantitative estimate of drug-likeness (QED) is 0.654. The second-order valence-electron chi connectivity index (χ2n) is 5.73. The fourth-order valence-corrected chi connectivity index (χ4v) is 3.22. The SMILES string of the molecule is COc1cc(N)cc(CN2C(=O)NC3(CCCC3)C2=O)c1. The predicted octanol–water partition coefficient (Wildman–Crippen LogP) is 1.64. The molecule has 1 aliphatic heterocycles. The summed E-state index contributed by atoms with van der Waals surface area (Å²) in [6.07, 6.45) is 3.42. The highest BCUT2D eigenvalue weighted by Gasteiger charge is 2.52. The number of urea groups is 1. The van der Waals surface area contributed by atoms with Crippen molar-refractivity contribution in [3.05, 3.63) is 23.8 Å². The normalized spacial score (nSPS) is 20.1. The van der Waals surface area contributed by atoms with Gasteiger partial charge in [-0.1, -0.05) is 12.8 Å². The van der Waals surface area contributed by atoms with Gasteiger partial charge in [0.25, 0.3) is 5.91 Å². The monoisotopic (exact) mass is 289 g/mol. The Morgan fingerprint density at radius 2 is 2.00 bits per heavy atom. The summed E-state index contributed by atoms with van der Waals surface area (Å²) in [5, 5.41) is 2.87. The molecule has 1 saturated carbocycles. The summed E-state index contributed by atoms with van der Waals surface area (Å²) in [4.78, 5) is 26.0. The second-order valence-corrected chi connectivity index (χ2v) is 5.73. The van der Waals surface area contributed by atoms with E-state index in [-0.39, 0.29) is 18.5 Å². The Morgan fingerprint density at radius 1 is 1.29 bits per heavy atom. The van der Waals surface area contributed by atoms with E-state index in [1.54, 1.807) is 25.3 Å². The summed E-state index contributed by atoms with van der Waals surface area (Å²) < 4.78 is 5.16. The van der Waals surface area contributed by atoms with Gasteiger partial charge in [-0.15, -0.1) is 0 Å². The van der Waals surface area contributed by atoms with Crippen molar-refractivity contribution in [1.29, 1.82) is 0 Å². The molecule has 2 fully saturated rings. The molecule has 0 aromatic heterocycles. The van der Waals surface area contributed by atoms with Gasteiger partial charge >= 0.3 is 6.03 Å². The number of nitrogens with zero attached hydrogens (tertiary/aromatic N) is 1. The molecular formula is C15H19N3O3. The maximum Gasteiger partial charge on any atom is 0.325 e. The third-order valence-corrected chi connectivity index (χ3v) is 4.27. The lowest BCUT2D eigenvalue weighted by molar-refractivity contribution is -0.131. The van der Waals surface area contributed by atoms with Crippen molar-refractivity contribution in [2.24, 2.45) is 0 Å². The maximum atomic E-state index is 12.6. The molecule has 3 rings (SSSR count). The first-order valence-electron chi connectivity index (χ1n) is 7.12. The molecule has 2 aliphatic rings. The standard InChI is InChI=1S/C15H19N3O3/c1-21-12-7-10(6-11(16)8-12)9-18-13(19)15(17-14(18)20)4-2-3-5-15/h6-8H,2-5,9,16H2,1H3,(H,17,20). The molecule has 1 aromatic rings. The summed E-state index contributed by atoms with van der Waals surface area (Å²) >= 11 is 0. The summed E-state index contributed by atoms with van der Waals surface area (Å²) in [5.41, 5.74) is 6.48. The van der Waals surface area contributed by atoms with Crippen LogP contribution in [0.4, 0.5) is 10.5 Å². The molecule has 6 heteroatoms. The molecule has 0 atom stereocenters. The Hall–Kier alpha value is -2.24. The lowest BCUT2D eigenvalue weighted by Gasteiger charge is -2.20. The van der Waals surface area contributed by atoms with Crippen LogP contribution in [0.5, 0.6) is 5.75 Å². The van der Waals surface area contributed by atoms with Crippen LogP contribution in [-0.4, -0.2) is 29.5 Å². The van der Waals surface area contributed by atoms with Crippen LogP contribution < -0.4 is 15.8 Å². The number of carbonyl (C=O) groups excluding carboxylic acids is 2. The molecule has 0 bridgehead atoms. The van der Waals surface area contributed by atoms with Crippen LogP contribution in [0.2, 0.25) is 0 Å². The van der Waals surface area contributed by atoms with Gasteiger partial charge in [-0.25, -0.2) is 4.79 Å².